The zero-order chi connectivity index (χ0) is 18.1. The van der Waals surface area contributed by atoms with Gasteiger partial charge in [-0.3, -0.25) is 4.79 Å². The van der Waals surface area contributed by atoms with E-state index in [1.165, 1.54) is 0 Å². The molecule has 1 amide bonds. The third kappa shape index (κ3) is 7.71. The Labute approximate surface area is 144 Å². The second kappa shape index (κ2) is 9.08. The molecule has 2 aromatic rings. The molecule has 0 radical (unpaired) electrons. The average molecular weight is 352 g/mol. The van der Waals surface area contributed by atoms with Gasteiger partial charge in [-0.2, -0.15) is 13.2 Å². The summed E-state index contributed by atoms with van der Waals surface area (Å²) in [6.45, 7) is -0.862. The van der Waals surface area contributed by atoms with E-state index in [2.05, 4.69) is 15.4 Å². The molecule has 0 bridgehead atoms. The molecule has 0 saturated heterocycles. The highest BCUT2D eigenvalue weighted by molar-refractivity contribution is 5.80. The summed E-state index contributed by atoms with van der Waals surface area (Å²) >= 11 is 0. The van der Waals surface area contributed by atoms with Gasteiger partial charge in [0, 0.05) is 12.2 Å². The number of para-hydroxylation sites is 1. The predicted molar refractivity (Wildman–Crippen MR) is 88.9 cm³/mol. The highest BCUT2D eigenvalue weighted by Crippen LogP contribution is 2.15. The average Bonchev–Trinajstić information content (AvgIpc) is 2.59. The minimum atomic E-state index is -4.32. The molecule has 0 atom stereocenters. The SMILES string of the molecule is O=C(CNc1ccccc1)NCc1ccc(COCC(F)(F)F)cc1. The highest BCUT2D eigenvalue weighted by Gasteiger charge is 2.27. The summed E-state index contributed by atoms with van der Waals surface area (Å²) in [5.41, 5.74) is 2.36. The Morgan fingerprint density at radius 2 is 1.60 bits per heavy atom. The van der Waals surface area contributed by atoms with E-state index in [0.29, 0.717) is 12.1 Å². The lowest BCUT2D eigenvalue weighted by molar-refractivity contribution is -0.176. The second-order valence-electron chi connectivity index (χ2n) is 5.42. The number of alkyl halides is 3. The van der Waals surface area contributed by atoms with Crippen molar-refractivity contribution in [2.24, 2.45) is 0 Å². The van der Waals surface area contributed by atoms with Gasteiger partial charge in [0.25, 0.3) is 0 Å². The highest BCUT2D eigenvalue weighted by atomic mass is 19.4. The lowest BCUT2D eigenvalue weighted by Gasteiger charge is -2.09. The third-order valence-corrected chi connectivity index (χ3v) is 3.27. The molecule has 134 valence electrons. The smallest absolute Gasteiger partial charge is 0.376 e. The minimum absolute atomic E-state index is 0.104. The van der Waals surface area contributed by atoms with Crippen LogP contribution in [0.4, 0.5) is 18.9 Å². The summed E-state index contributed by atoms with van der Waals surface area (Å²) in [5, 5.41) is 5.77. The molecule has 0 aliphatic carbocycles. The number of hydrogen-bond donors (Lipinski definition) is 2. The van der Waals surface area contributed by atoms with E-state index in [0.717, 1.165) is 11.3 Å². The van der Waals surface area contributed by atoms with Crippen LogP contribution in [-0.4, -0.2) is 25.2 Å². The van der Waals surface area contributed by atoms with Crippen molar-refractivity contribution < 1.29 is 22.7 Å². The van der Waals surface area contributed by atoms with Crippen LogP contribution < -0.4 is 10.6 Å². The fourth-order valence-corrected chi connectivity index (χ4v) is 2.04. The summed E-state index contributed by atoms with van der Waals surface area (Å²) in [5.74, 6) is -0.151. The number of hydrogen-bond acceptors (Lipinski definition) is 3. The fraction of sp³-hybridized carbons (Fsp3) is 0.278. The van der Waals surface area contributed by atoms with E-state index >= 15 is 0 Å². The molecule has 0 unspecified atom stereocenters. The number of carbonyl (C=O) groups excluding carboxylic acids is 1. The van der Waals surface area contributed by atoms with Crippen molar-refractivity contribution in [2.75, 3.05) is 18.5 Å². The standard InChI is InChI=1S/C18H19F3N2O2/c19-18(20,21)13-25-12-15-8-6-14(7-9-15)10-23-17(24)11-22-16-4-2-1-3-5-16/h1-9,22H,10-13H2,(H,23,24). The maximum atomic E-state index is 12.0. The molecule has 25 heavy (non-hydrogen) atoms. The van der Waals surface area contributed by atoms with Gasteiger partial charge < -0.3 is 15.4 Å². The Bertz CT molecular complexity index is 658. The molecule has 0 aliphatic rings. The second-order valence-corrected chi connectivity index (χ2v) is 5.42. The van der Waals surface area contributed by atoms with E-state index in [9.17, 15) is 18.0 Å². The summed E-state index contributed by atoms with van der Waals surface area (Å²) in [6, 6.07) is 16.2. The Balaban J connectivity index is 1.69. The number of ether oxygens (including phenoxy) is 1. The van der Waals surface area contributed by atoms with Crippen molar-refractivity contribution in [3.63, 3.8) is 0 Å². The van der Waals surface area contributed by atoms with Gasteiger partial charge in [0.05, 0.1) is 13.2 Å². The largest absolute Gasteiger partial charge is 0.411 e. The molecule has 4 nitrogen and oxygen atoms in total. The Kier molecular flexibility index (Phi) is 6.82. The molecule has 0 aliphatic heterocycles. The van der Waals surface area contributed by atoms with Crippen molar-refractivity contribution in [3.05, 3.63) is 65.7 Å². The number of benzene rings is 2. The first-order valence-electron chi connectivity index (χ1n) is 7.70. The molecule has 0 fully saturated rings. The topological polar surface area (TPSA) is 50.4 Å². The van der Waals surface area contributed by atoms with Crippen molar-refractivity contribution in [1.29, 1.82) is 0 Å². The first-order valence-corrected chi connectivity index (χ1v) is 7.70. The van der Waals surface area contributed by atoms with Crippen LogP contribution in [0.3, 0.4) is 0 Å². The van der Waals surface area contributed by atoms with E-state index in [-0.39, 0.29) is 19.1 Å². The van der Waals surface area contributed by atoms with Crippen molar-refractivity contribution in [2.45, 2.75) is 19.3 Å². The van der Waals surface area contributed by atoms with Crippen LogP contribution >= 0.6 is 0 Å². The summed E-state index contributed by atoms with van der Waals surface area (Å²) in [7, 11) is 0. The lowest BCUT2D eigenvalue weighted by atomic mass is 10.1. The number of halogens is 3. The first kappa shape index (κ1) is 18.8. The molecule has 2 N–H and O–H groups in total. The zero-order valence-corrected chi connectivity index (χ0v) is 13.5. The summed E-state index contributed by atoms with van der Waals surface area (Å²) in [4.78, 5) is 11.8. The monoisotopic (exact) mass is 352 g/mol. The van der Waals surface area contributed by atoms with Crippen molar-refractivity contribution in [1.82, 2.24) is 5.32 Å². The van der Waals surface area contributed by atoms with E-state index < -0.39 is 12.8 Å². The molecular weight excluding hydrogens is 333 g/mol. The molecule has 0 saturated carbocycles. The van der Waals surface area contributed by atoms with Crippen LogP contribution in [0.25, 0.3) is 0 Å². The quantitative estimate of drug-likeness (QED) is 0.765. The molecule has 0 aromatic heterocycles. The van der Waals surface area contributed by atoms with Gasteiger partial charge in [0.15, 0.2) is 0 Å². The number of rotatable bonds is 8. The number of anilines is 1. The minimum Gasteiger partial charge on any atom is -0.376 e. The maximum absolute atomic E-state index is 12.0. The Hall–Kier alpha value is -2.54. The van der Waals surface area contributed by atoms with E-state index in [4.69, 9.17) is 0 Å². The van der Waals surface area contributed by atoms with Crippen LogP contribution in [0.5, 0.6) is 0 Å². The number of nitrogens with one attached hydrogen (secondary N) is 2. The van der Waals surface area contributed by atoms with Crippen LogP contribution in [0.1, 0.15) is 11.1 Å². The predicted octanol–water partition coefficient (Wildman–Crippen LogP) is 3.49. The fourth-order valence-electron chi connectivity index (χ4n) is 2.04. The normalized spacial score (nSPS) is 11.2. The molecule has 0 heterocycles. The van der Waals surface area contributed by atoms with Gasteiger partial charge in [0.1, 0.15) is 6.61 Å². The number of carbonyl (C=O) groups is 1. The van der Waals surface area contributed by atoms with Crippen LogP contribution in [0.2, 0.25) is 0 Å². The summed E-state index contributed by atoms with van der Waals surface area (Å²) < 4.78 is 40.6. The molecule has 7 heteroatoms. The summed E-state index contributed by atoms with van der Waals surface area (Å²) in [6.07, 6.45) is -4.32. The third-order valence-electron chi connectivity index (χ3n) is 3.27. The van der Waals surface area contributed by atoms with Gasteiger partial charge in [-0.25, -0.2) is 0 Å². The van der Waals surface area contributed by atoms with Crippen molar-refractivity contribution >= 4 is 11.6 Å². The first-order chi connectivity index (χ1) is 11.9. The van der Waals surface area contributed by atoms with E-state index in [1.807, 2.05) is 30.3 Å². The van der Waals surface area contributed by atoms with Crippen LogP contribution in [0.15, 0.2) is 54.6 Å². The van der Waals surface area contributed by atoms with Gasteiger partial charge >= 0.3 is 6.18 Å². The maximum Gasteiger partial charge on any atom is 0.411 e. The van der Waals surface area contributed by atoms with Gasteiger partial charge in [-0.05, 0) is 23.3 Å². The zero-order valence-electron chi connectivity index (χ0n) is 13.5. The van der Waals surface area contributed by atoms with Crippen molar-refractivity contribution in [3.8, 4) is 0 Å². The number of amides is 1. The molecule has 2 rings (SSSR count). The molecule has 2 aromatic carbocycles. The lowest BCUT2D eigenvalue weighted by Crippen LogP contribution is -2.29. The van der Waals surface area contributed by atoms with Gasteiger partial charge in [-0.15, -0.1) is 0 Å². The van der Waals surface area contributed by atoms with Gasteiger partial charge in [-0.1, -0.05) is 42.5 Å². The molecule has 0 spiro atoms. The van der Waals surface area contributed by atoms with Crippen LogP contribution in [-0.2, 0) is 22.7 Å². The Morgan fingerprint density at radius 1 is 0.960 bits per heavy atom. The van der Waals surface area contributed by atoms with E-state index in [1.54, 1.807) is 24.3 Å². The Morgan fingerprint density at radius 3 is 2.24 bits per heavy atom. The van der Waals surface area contributed by atoms with Gasteiger partial charge in [0.2, 0.25) is 5.91 Å². The molecular formula is C18H19F3N2O2. The van der Waals surface area contributed by atoms with Crippen LogP contribution in [0, 0.1) is 0 Å².